The number of hydrogen-bond acceptors (Lipinski definition) is 5. The van der Waals surface area contributed by atoms with Gasteiger partial charge in [-0.15, -0.1) is 0 Å². The average molecular weight is 500 g/mol. The summed E-state index contributed by atoms with van der Waals surface area (Å²) in [6.45, 7) is 5.40. The van der Waals surface area contributed by atoms with E-state index in [0.717, 1.165) is 42.6 Å². The van der Waals surface area contributed by atoms with Crippen LogP contribution in [-0.4, -0.2) is 33.2 Å². The molecule has 0 bridgehead atoms. The van der Waals surface area contributed by atoms with E-state index in [-0.39, 0.29) is 22.2 Å². The summed E-state index contributed by atoms with van der Waals surface area (Å²) in [6, 6.07) is 6.37. The molecule has 0 radical (unpaired) electrons. The van der Waals surface area contributed by atoms with Gasteiger partial charge in [-0.05, 0) is 124 Å². The minimum Gasteiger partial charge on any atom is -0.384 e. The fourth-order valence-corrected chi connectivity index (χ4v) is 10.5. The Morgan fingerprint density at radius 3 is 2.71 bits per heavy atom. The molecule has 1 N–H and O–H groups in total. The Kier molecular flexibility index (Phi) is 7.02. The highest BCUT2D eigenvalue weighted by molar-refractivity contribution is 7.89. The lowest BCUT2D eigenvalue weighted by Gasteiger charge is -2.56. The van der Waals surface area contributed by atoms with Crippen molar-refractivity contribution in [3.63, 3.8) is 0 Å². The molecule has 1 aromatic rings. The summed E-state index contributed by atoms with van der Waals surface area (Å²) in [5, 5.41) is 9.06. The lowest BCUT2D eigenvalue weighted by atomic mass is 9.49. The van der Waals surface area contributed by atoms with Crippen LogP contribution in [0.4, 0.5) is 0 Å². The van der Waals surface area contributed by atoms with Crippen LogP contribution in [0, 0.1) is 58.2 Å². The first kappa shape index (κ1) is 25.2. The number of hydrogen-bond donors (Lipinski definition) is 1. The van der Waals surface area contributed by atoms with Crippen molar-refractivity contribution < 1.29 is 13.2 Å². The van der Waals surface area contributed by atoms with Crippen molar-refractivity contribution in [1.29, 1.82) is 5.26 Å². The molecular weight excluding hydrogens is 458 g/mol. The second-order valence-corrected chi connectivity index (χ2v) is 13.8. The number of ether oxygens (including phenoxy) is 1. The number of methoxy groups -OCH3 is 1. The standard InChI is InChI=1S/C28H41N3O3S/c1-18(31-35(32,33)27-6-4-5-21(16-29)30-27)25-11-12-26-24-10-8-20-15-19(17-34-3)7-9-22(20)23(24)13-14-28(25,26)2/h4-6,18-20,22-26,31H,7-15,17H2,1-3H3/t18-,19+,20-,22+,23?,24-,25-,26?,28-/m1/s1. The first-order valence-corrected chi connectivity index (χ1v) is 15.1. The highest BCUT2D eigenvalue weighted by Gasteiger charge is 2.58. The number of pyridine rings is 1. The van der Waals surface area contributed by atoms with E-state index in [1.165, 1.54) is 63.5 Å². The van der Waals surface area contributed by atoms with Gasteiger partial charge in [0.2, 0.25) is 0 Å². The summed E-state index contributed by atoms with van der Waals surface area (Å²) in [5.41, 5.74) is 0.309. The number of nitrogens with zero attached hydrogens (tertiary/aromatic N) is 2. The minimum atomic E-state index is -3.77. The molecule has 5 rings (SSSR count). The van der Waals surface area contributed by atoms with Crippen LogP contribution < -0.4 is 4.72 Å². The molecule has 0 saturated heterocycles. The Hall–Kier alpha value is -1.49. The molecule has 4 aliphatic rings. The fraction of sp³-hybridized carbons (Fsp3) is 0.786. The molecule has 7 heteroatoms. The van der Waals surface area contributed by atoms with Crippen LogP contribution in [-0.2, 0) is 14.8 Å². The van der Waals surface area contributed by atoms with Crippen LogP contribution in [0.2, 0.25) is 0 Å². The van der Waals surface area contributed by atoms with Gasteiger partial charge in [0.15, 0.2) is 5.03 Å². The summed E-state index contributed by atoms with van der Waals surface area (Å²) in [7, 11) is -1.93. The van der Waals surface area contributed by atoms with Gasteiger partial charge >= 0.3 is 0 Å². The molecule has 1 heterocycles. The summed E-state index contributed by atoms with van der Waals surface area (Å²) in [4.78, 5) is 4.03. The van der Waals surface area contributed by atoms with Crippen molar-refractivity contribution >= 4 is 10.0 Å². The molecule has 9 atom stereocenters. The Labute approximate surface area is 211 Å². The average Bonchev–Trinajstić information content (AvgIpc) is 3.21. The lowest BCUT2D eigenvalue weighted by molar-refractivity contribution is -0.0739. The second kappa shape index (κ2) is 9.76. The topological polar surface area (TPSA) is 92.1 Å². The number of sulfonamides is 1. The zero-order valence-electron chi connectivity index (χ0n) is 21.4. The zero-order valence-corrected chi connectivity index (χ0v) is 22.3. The maximum Gasteiger partial charge on any atom is 0.258 e. The summed E-state index contributed by atoms with van der Waals surface area (Å²) >= 11 is 0. The predicted molar refractivity (Wildman–Crippen MR) is 135 cm³/mol. The van der Waals surface area contributed by atoms with Crippen LogP contribution in [0.1, 0.15) is 77.3 Å². The van der Waals surface area contributed by atoms with Crippen molar-refractivity contribution in [2.45, 2.75) is 82.7 Å². The highest BCUT2D eigenvalue weighted by atomic mass is 32.2. The van der Waals surface area contributed by atoms with Gasteiger partial charge in [0, 0.05) is 19.8 Å². The quantitative estimate of drug-likeness (QED) is 0.584. The third-order valence-electron chi connectivity index (χ3n) is 10.6. The highest BCUT2D eigenvalue weighted by Crippen LogP contribution is 2.65. The zero-order chi connectivity index (χ0) is 24.8. The monoisotopic (exact) mass is 499 g/mol. The molecule has 6 nitrogen and oxygen atoms in total. The van der Waals surface area contributed by atoms with Gasteiger partial charge in [-0.1, -0.05) is 13.0 Å². The predicted octanol–water partition coefficient (Wildman–Crippen LogP) is 5.15. The summed E-state index contributed by atoms with van der Waals surface area (Å²) in [6.07, 6.45) is 11.6. The van der Waals surface area contributed by atoms with Gasteiger partial charge in [-0.3, -0.25) is 0 Å². The van der Waals surface area contributed by atoms with E-state index < -0.39 is 10.0 Å². The van der Waals surface area contributed by atoms with Crippen molar-refractivity contribution in [3.8, 4) is 6.07 Å². The van der Waals surface area contributed by atoms with Crippen LogP contribution in [0.15, 0.2) is 23.2 Å². The van der Waals surface area contributed by atoms with Crippen LogP contribution in [0.5, 0.6) is 0 Å². The third kappa shape index (κ3) is 4.55. The van der Waals surface area contributed by atoms with Gasteiger partial charge in [0.1, 0.15) is 11.8 Å². The van der Waals surface area contributed by atoms with Crippen molar-refractivity contribution in [3.05, 3.63) is 23.9 Å². The largest absolute Gasteiger partial charge is 0.384 e. The smallest absolute Gasteiger partial charge is 0.258 e. The van der Waals surface area contributed by atoms with E-state index in [1.54, 1.807) is 6.07 Å². The molecule has 4 fully saturated rings. The first-order valence-electron chi connectivity index (χ1n) is 13.6. The van der Waals surface area contributed by atoms with Crippen molar-refractivity contribution in [1.82, 2.24) is 9.71 Å². The van der Waals surface area contributed by atoms with Crippen molar-refractivity contribution in [2.75, 3.05) is 13.7 Å². The van der Waals surface area contributed by atoms with Crippen LogP contribution in [0.25, 0.3) is 0 Å². The van der Waals surface area contributed by atoms with Gasteiger partial charge in [0.25, 0.3) is 10.0 Å². The molecule has 0 spiro atoms. The molecule has 1 aromatic heterocycles. The minimum absolute atomic E-state index is 0.0609. The molecule has 0 aliphatic heterocycles. The Bertz CT molecular complexity index is 1070. The number of aromatic nitrogens is 1. The van der Waals surface area contributed by atoms with E-state index in [0.29, 0.717) is 11.8 Å². The maximum absolute atomic E-state index is 13.1. The van der Waals surface area contributed by atoms with Crippen LogP contribution in [0.3, 0.4) is 0 Å². The normalized spacial score (nSPS) is 39.7. The van der Waals surface area contributed by atoms with Gasteiger partial charge in [0.05, 0.1) is 0 Å². The SMILES string of the molecule is COC[C@H]1CC[C@@H]2C3CC[C@@]4(C)C(CC[C@@H]4[C@@H](C)NS(=O)(=O)c4cccc(C#N)n4)[C@@H]3CC[C@@H]2C1. The number of nitriles is 1. The molecule has 4 aliphatic carbocycles. The first-order chi connectivity index (χ1) is 16.8. The van der Waals surface area contributed by atoms with E-state index in [9.17, 15) is 8.42 Å². The molecule has 0 amide bonds. The molecule has 2 unspecified atom stereocenters. The Morgan fingerprint density at radius 2 is 1.94 bits per heavy atom. The van der Waals surface area contributed by atoms with Crippen molar-refractivity contribution in [2.24, 2.45) is 46.8 Å². The third-order valence-corrected chi connectivity index (χ3v) is 12.1. The van der Waals surface area contributed by atoms with Gasteiger partial charge in [-0.2, -0.15) is 5.26 Å². The summed E-state index contributed by atoms with van der Waals surface area (Å²) in [5.74, 6) is 5.22. The second-order valence-electron chi connectivity index (χ2n) is 12.2. The lowest BCUT2D eigenvalue weighted by Crippen LogP contribution is -2.51. The molecule has 192 valence electrons. The number of nitrogens with one attached hydrogen (secondary N) is 1. The van der Waals surface area contributed by atoms with Gasteiger partial charge in [-0.25, -0.2) is 18.1 Å². The summed E-state index contributed by atoms with van der Waals surface area (Å²) < 4.78 is 34.6. The van der Waals surface area contributed by atoms with E-state index in [4.69, 9.17) is 10.00 Å². The van der Waals surface area contributed by atoms with E-state index in [2.05, 4.69) is 16.6 Å². The fourth-order valence-electron chi connectivity index (χ4n) is 9.21. The number of rotatable bonds is 6. The molecule has 0 aromatic carbocycles. The number of fused-ring (bicyclic) bond motifs is 5. The molecule has 35 heavy (non-hydrogen) atoms. The van der Waals surface area contributed by atoms with E-state index >= 15 is 0 Å². The molecular formula is C28H41N3O3S. The van der Waals surface area contributed by atoms with Crippen LogP contribution >= 0.6 is 0 Å². The Balaban J connectivity index is 1.28. The Morgan fingerprint density at radius 1 is 1.14 bits per heavy atom. The molecule has 4 saturated carbocycles. The van der Waals surface area contributed by atoms with Gasteiger partial charge < -0.3 is 4.74 Å². The van der Waals surface area contributed by atoms with E-state index in [1.807, 2.05) is 20.1 Å². The maximum atomic E-state index is 13.1.